The van der Waals surface area contributed by atoms with Crippen LogP contribution in [0.2, 0.25) is 0 Å². The minimum Gasteiger partial charge on any atom is -0.264 e. The third-order valence-corrected chi connectivity index (χ3v) is 3.06. The van der Waals surface area contributed by atoms with Crippen molar-refractivity contribution in [2.24, 2.45) is 10.2 Å². The highest BCUT2D eigenvalue weighted by Crippen LogP contribution is 2.20. The highest BCUT2D eigenvalue weighted by molar-refractivity contribution is 14.1. The van der Waals surface area contributed by atoms with E-state index in [0.29, 0.717) is 0 Å². The molecule has 1 aromatic carbocycles. The Morgan fingerprint density at radius 3 is 2.59 bits per heavy atom. The van der Waals surface area contributed by atoms with Gasteiger partial charge in [0, 0.05) is 16.0 Å². The zero-order valence-electron chi connectivity index (χ0n) is 9.42. The average Bonchev–Trinajstić information content (AvgIpc) is 2.39. The van der Waals surface area contributed by atoms with Crippen LogP contribution in [0.25, 0.3) is 0 Å². The van der Waals surface area contributed by atoms with Crippen LogP contribution in [0.1, 0.15) is 18.5 Å². The lowest BCUT2D eigenvalue weighted by molar-refractivity contribution is 0.759. The molecular formula is C13H12IN3. The van der Waals surface area contributed by atoms with Gasteiger partial charge < -0.3 is 0 Å². The molecule has 2 aromatic rings. The van der Waals surface area contributed by atoms with Crippen molar-refractivity contribution in [3.8, 4) is 0 Å². The quantitative estimate of drug-likeness (QED) is 0.599. The van der Waals surface area contributed by atoms with Crippen molar-refractivity contribution in [3.05, 3.63) is 57.9 Å². The Hall–Kier alpha value is -1.30. The fourth-order valence-electron chi connectivity index (χ4n) is 1.35. The number of halogens is 1. The van der Waals surface area contributed by atoms with E-state index in [0.717, 1.165) is 11.3 Å². The molecule has 17 heavy (non-hydrogen) atoms. The third-order valence-electron chi connectivity index (χ3n) is 2.34. The molecule has 0 N–H and O–H groups in total. The summed E-state index contributed by atoms with van der Waals surface area (Å²) < 4.78 is 1.20. The summed E-state index contributed by atoms with van der Waals surface area (Å²) in [5.41, 5.74) is 1.95. The lowest BCUT2D eigenvalue weighted by Gasteiger charge is -2.03. The molecule has 1 aromatic heterocycles. The largest absolute Gasteiger partial charge is 0.264 e. The van der Waals surface area contributed by atoms with Gasteiger partial charge in [-0.25, -0.2) is 0 Å². The Morgan fingerprint density at radius 1 is 1.18 bits per heavy atom. The first kappa shape index (κ1) is 12.2. The first-order valence-electron chi connectivity index (χ1n) is 5.32. The van der Waals surface area contributed by atoms with Crippen LogP contribution in [0.3, 0.4) is 0 Å². The van der Waals surface area contributed by atoms with Gasteiger partial charge in [-0.3, -0.25) is 4.98 Å². The Kier molecular flexibility index (Phi) is 4.19. The van der Waals surface area contributed by atoms with Crippen molar-refractivity contribution in [1.29, 1.82) is 0 Å². The van der Waals surface area contributed by atoms with Crippen molar-refractivity contribution in [2.45, 2.75) is 13.0 Å². The second-order valence-corrected chi connectivity index (χ2v) is 4.90. The fraction of sp³-hybridized carbons (Fsp3) is 0.154. The average molecular weight is 337 g/mol. The Balaban J connectivity index is 2.08. The number of pyridine rings is 1. The number of hydrogen-bond donors (Lipinski definition) is 0. The molecule has 0 bridgehead atoms. The minimum absolute atomic E-state index is 0.0305. The predicted octanol–water partition coefficient (Wildman–Crippen LogP) is 4.53. The lowest BCUT2D eigenvalue weighted by atomic mass is 10.2. The van der Waals surface area contributed by atoms with Crippen LogP contribution >= 0.6 is 22.6 Å². The van der Waals surface area contributed by atoms with Gasteiger partial charge >= 0.3 is 0 Å². The van der Waals surface area contributed by atoms with Gasteiger partial charge in [-0.15, -0.1) is 0 Å². The maximum atomic E-state index is 4.28. The van der Waals surface area contributed by atoms with Gasteiger partial charge in [-0.2, -0.15) is 10.2 Å². The SMILES string of the molecule is CC(N=Nc1ccc(I)cc1)c1cccnc1. The van der Waals surface area contributed by atoms with Crippen LogP contribution in [0.15, 0.2) is 59.0 Å². The molecule has 0 spiro atoms. The Labute approximate surface area is 114 Å². The molecule has 1 heterocycles. The second kappa shape index (κ2) is 5.86. The van der Waals surface area contributed by atoms with E-state index < -0.39 is 0 Å². The van der Waals surface area contributed by atoms with E-state index in [1.54, 1.807) is 6.20 Å². The molecule has 0 saturated carbocycles. The monoisotopic (exact) mass is 337 g/mol. The van der Waals surface area contributed by atoms with Crippen molar-refractivity contribution >= 4 is 28.3 Å². The molecule has 0 saturated heterocycles. The van der Waals surface area contributed by atoms with Gasteiger partial charge in [0.15, 0.2) is 0 Å². The summed E-state index contributed by atoms with van der Waals surface area (Å²) in [5.74, 6) is 0. The molecule has 1 unspecified atom stereocenters. The van der Waals surface area contributed by atoms with Crippen LogP contribution in [-0.2, 0) is 0 Å². The number of aromatic nitrogens is 1. The van der Waals surface area contributed by atoms with Gasteiger partial charge in [0.1, 0.15) is 0 Å². The summed E-state index contributed by atoms with van der Waals surface area (Å²) in [6.07, 6.45) is 3.57. The Bertz CT molecular complexity index is 494. The molecule has 0 aliphatic carbocycles. The predicted molar refractivity (Wildman–Crippen MR) is 76.3 cm³/mol. The van der Waals surface area contributed by atoms with Crippen molar-refractivity contribution < 1.29 is 0 Å². The van der Waals surface area contributed by atoms with E-state index in [1.807, 2.05) is 49.5 Å². The first-order valence-corrected chi connectivity index (χ1v) is 6.40. The van der Waals surface area contributed by atoms with Crippen LogP contribution < -0.4 is 0 Å². The van der Waals surface area contributed by atoms with E-state index in [2.05, 4.69) is 37.8 Å². The number of azo groups is 1. The summed E-state index contributed by atoms with van der Waals surface area (Å²) in [5, 5.41) is 8.49. The second-order valence-electron chi connectivity index (χ2n) is 3.65. The topological polar surface area (TPSA) is 37.6 Å². The zero-order valence-corrected chi connectivity index (χ0v) is 11.6. The van der Waals surface area contributed by atoms with Crippen LogP contribution in [-0.4, -0.2) is 4.98 Å². The summed E-state index contributed by atoms with van der Waals surface area (Å²) in [4.78, 5) is 4.07. The molecule has 0 aliphatic heterocycles. The molecule has 0 amide bonds. The number of benzene rings is 1. The maximum absolute atomic E-state index is 4.28. The van der Waals surface area contributed by atoms with Crippen molar-refractivity contribution in [1.82, 2.24) is 4.98 Å². The van der Waals surface area contributed by atoms with E-state index in [9.17, 15) is 0 Å². The molecule has 0 radical (unpaired) electrons. The number of hydrogen-bond acceptors (Lipinski definition) is 3. The molecule has 1 atom stereocenters. The highest BCUT2D eigenvalue weighted by Gasteiger charge is 2.02. The maximum Gasteiger partial charge on any atom is 0.0948 e. The summed E-state index contributed by atoms with van der Waals surface area (Å²) in [6.45, 7) is 2.01. The molecular weight excluding hydrogens is 325 g/mol. The molecule has 4 heteroatoms. The zero-order chi connectivity index (χ0) is 12.1. The van der Waals surface area contributed by atoms with E-state index in [4.69, 9.17) is 0 Å². The van der Waals surface area contributed by atoms with Crippen LogP contribution in [0.5, 0.6) is 0 Å². The van der Waals surface area contributed by atoms with E-state index in [1.165, 1.54) is 3.57 Å². The molecule has 3 nitrogen and oxygen atoms in total. The summed E-state index contributed by atoms with van der Waals surface area (Å²) in [7, 11) is 0. The van der Waals surface area contributed by atoms with Crippen molar-refractivity contribution in [3.63, 3.8) is 0 Å². The Morgan fingerprint density at radius 2 is 1.94 bits per heavy atom. The summed E-state index contributed by atoms with van der Waals surface area (Å²) in [6, 6.07) is 11.9. The van der Waals surface area contributed by atoms with Crippen LogP contribution in [0, 0.1) is 3.57 Å². The standard InChI is InChI=1S/C13H12IN3/c1-10(11-3-2-8-15-9-11)16-17-13-6-4-12(14)5-7-13/h2-10H,1H3. The molecule has 86 valence electrons. The molecule has 2 rings (SSSR count). The van der Waals surface area contributed by atoms with Gasteiger partial charge in [0.2, 0.25) is 0 Å². The fourth-order valence-corrected chi connectivity index (χ4v) is 1.71. The number of rotatable bonds is 3. The smallest absolute Gasteiger partial charge is 0.0948 e. The van der Waals surface area contributed by atoms with E-state index in [-0.39, 0.29) is 6.04 Å². The highest BCUT2D eigenvalue weighted by atomic mass is 127. The van der Waals surface area contributed by atoms with Crippen LogP contribution in [0.4, 0.5) is 5.69 Å². The lowest BCUT2D eigenvalue weighted by Crippen LogP contribution is -1.88. The normalized spacial score (nSPS) is 12.8. The molecule has 0 aliphatic rings. The van der Waals surface area contributed by atoms with Gasteiger partial charge in [-0.05, 0) is 65.4 Å². The first-order chi connectivity index (χ1) is 8.25. The third kappa shape index (κ3) is 3.59. The summed E-state index contributed by atoms with van der Waals surface area (Å²) >= 11 is 2.27. The van der Waals surface area contributed by atoms with Gasteiger partial charge in [-0.1, -0.05) is 6.07 Å². The van der Waals surface area contributed by atoms with Gasteiger partial charge in [0.05, 0.1) is 11.7 Å². The molecule has 0 fully saturated rings. The van der Waals surface area contributed by atoms with Crippen molar-refractivity contribution in [2.75, 3.05) is 0 Å². The minimum atomic E-state index is 0.0305. The number of nitrogens with zero attached hydrogens (tertiary/aromatic N) is 3. The van der Waals surface area contributed by atoms with E-state index >= 15 is 0 Å². The van der Waals surface area contributed by atoms with Gasteiger partial charge in [0.25, 0.3) is 0 Å².